The summed E-state index contributed by atoms with van der Waals surface area (Å²) in [5.41, 5.74) is 0.950. The van der Waals surface area contributed by atoms with Gasteiger partial charge in [-0.15, -0.1) is 0 Å². The Morgan fingerprint density at radius 3 is 2.16 bits per heavy atom. The molecule has 3 heteroatoms. The van der Waals surface area contributed by atoms with Gasteiger partial charge in [-0.3, -0.25) is 0 Å². The minimum atomic E-state index is -0.477. The van der Waals surface area contributed by atoms with E-state index < -0.39 is 11.6 Å². The van der Waals surface area contributed by atoms with Crippen LogP contribution in [-0.4, -0.2) is 13.1 Å². The Labute approximate surface area is 114 Å². The summed E-state index contributed by atoms with van der Waals surface area (Å²) in [5, 5.41) is 3.41. The first-order chi connectivity index (χ1) is 8.87. The van der Waals surface area contributed by atoms with Crippen LogP contribution in [0.15, 0.2) is 18.2 Å². The molecule has 0 saturated heterocycles. The second-order valence-electron chi connectivity index (χ2n) is 6.63. The molecule has 1 aliphatic carbocycles. The van der Waals surface area contributed by atoms with E-state index in [-0.39, 0.29) is 10.8 Å². The molecule has 0 heterocycles. The molecule has 1 aromatic rings. The van der Waals surface area contributed by atoms with E-state index in [2.05, 4.69) is 26.1 Å². The summed E-state index contributed by atoms with van der Waals surface area (Å²) < 4.78 is 26.9. The number of benzene rings is 1. The van der Waals surface area contributed by atoms with Crippen LogP contribution in [0.5, 0.6) is 0 Å². The number of hydrogen-bond donors (Lipinski definition) is 1. The maximum absolute atomic E-state index is 13.4. The summed E-state index contributed by atoms with van der Waals surface area (Å²) in [6.07, 6.45) is 3.01. The Balaban J connectivity index is 2.23. The third-order valence-corrected chi connectivity index (χ3v) is 4.00. The predicted molar refractivity (Wildman–Crippen MR) is 74.2 cm³/mol. The molecular weight excluding hydrogens is 244 g/mol. The first-order valence-corrected chi connectivity index (χ1v) is 7.04. The second-order valence-corrected chi connectivity index (χ2v) is 6.63. The van der Waals surface area contributed by atoms with Gasteiger partial charge >= 0.3 is 0 Å². The first-order valence-electron chi connectivity index (χ1n) is 7.04. The van der Waals surface area contributed by atoms with E-state index in [1.165, 1.54) is 12.1 Å². The largest absolute Gasteiger partial charge is 0.316 e. The molecule has 106 valence electrons. The van der Waals surface area contributed by atoms with Crippen molar-refractivity contribution in [2.75, 3.05) is 13.1 Å². The molecule has 19 heavy (non-hydrogen) atoms. The van der Waals surface area contributed by atoms with E-state index in [4.69, 9.17) is 0 Å². The van der Waals surface area contributed by atoms with Crippen molar-refractivity contribution in [1.29, 1.82) is 0 Å². The normalized spacial score (nSPS) is 20.1. The smallest absolute Gasteiger partial charge is 0.126 e. The van der Waals surface area contributed by atoms with Gasteiger partial charge in [0, 0.05) is 18.0 Å². The molecule has 1 fully saturated rings. The number of nitrogens with one attached hydrogen (secondary N) is 1. The molecule has 0 spiro atoms. The van der Waals surface area contributed by atoms with Crippen molar-refractivity contribution in [3.05, 3.63) is 35.4 Å². The average Bonchev–Trinajstić information content (AvgIpc) is 2.25. The zero-order valence-corrected chi connectivity index (χ0v) is 12.0. The highest BCUT2D eigenvalue weighted by atomic mass is 19.1. The molecule has 1 saturated carbocycles. The van der Waals surface area contributed by atoms with Gasteiger partial charge in [0.15, 0.2) is 0 Å². The van der Waals surface area contributed by atoms with Crippen LogP contribution in [-0.2, 0) is 5.41 Å². The summed E-state index contributed by atoms with van der Waals surface area (Å²) in [5.74, 6) is -0.954. The van der Waals surface area contributed by atoms with E-state index >= 15 is 0 Å². The maximum atomic E-state index is 13.4. The Morgan fingerprint density at radius 2 is 1.68 bits per heavy atom. The van der Waals surface area contributed by atoms with Crippen molar-refractivity contribution in [3.8, 4) is 0 Å². The Bertz CT molecular complexity index is 426. The van der Waals surface area contributed by atoms with Crippen LogP contribution in [0.4, 0.5) is 8.78 Å². The van der Waals surface area contributed by atoms with Crippen molar-refractivity contribution in [2.45, 2.75) is 45.4 Å². The lowest BCUT2D eigenvalue weighted by atomic mass is 9.52. The van der Waals surface area contributed by atoms with Crippen LogP contribution in [0.3, 0.4) is 0 Å². The third-order valence-electron chi connectivity index (χ3n) is 4.00. The lowest BCUT2D eigenvalue weighted by Crippen LogP contribution is -2.52. The van der Waals surface area contributed by atoms with Crippen molar-refractivity contribution in [1.82, 2.24) is 5.32 Å². The van der Waals surface area contributed by atoms with E-state index in [0.29, 0.717) is 0 Å². The van der Waals surface area contributed by atoms with Crippen molar-refractivity contribution in [3.63, 3.8) is 0 Å². The highest BCUT2D eigenvalue weighted by molar-refractivity contribution is 5.32. The average molecular weight is 267 g/mol. The molecule has 0 aromatic heterocycles. The number of rotatable bonds is 5. The third kappa shape index (κ3) is 3.14. The summed E-state index contributed by atoms with van der Waals surface area (Å²) in [4.78, 5) is 0. The van der Waals surface area contributed by atoms with Crippen LogP contribution >= 0.6 is 0 Å². The van der Waals surface area contributed by atoms with Gasteiger partial charge in [0.05, 0.1) is 0 Å². The number of halogens is 2. The van der Waals surface area contributed by atoms with E-state index in [0.717, 1.165) is 44.0 Å². The second kappa shape index (κ2) is 5.20. The van der Waals surface area contributed by atoms with Gasteiger partial charge in [-0.05, 0) is 48.9 Å². The molecule has 0 unspecified atom stereocenters. The standard InChI is InChI=1S/C16H23F2N/c1-4-5-19-11-16(9-15(2,3)10-16)12-6-13(17)8-14(18)7-12/h6-8,19H,4-5,9-11H2,1-3H3. The topological polar surface area (TPSA) is 12.0 Å². The summed E-state index contributed by atoms with van der Waals surface area (Å²) >= 11 is 0. The minimum Gasteiger partial charge on any atom is -0.316 e. The summed E-state index contributed by atoms with van der Waals surface area (Å²) in [7, 11) is 0. The van der Waals surface area contributed by atoms with Crippen molar-refractivity contribution in [2.24, 2.45) is 5.41 Å². The number of hydrogen-bond acceptors (Lipinski definition) is 1. The highest BCUT2D eigenvalue weighted by Crippen LogP contribution is 2.55. The van der Waals surface area contributed by atoms with Gasteiger partial charge < -0.3 is 5.32 Å². The van der Waals surface area contributed by atoms with Crippen LogP contribution in [0.1, 0.15) is 45.6 Å². The lowest BCUT2D eigenvalue weighted by Gasteiger charge is -2.54. The quantitative estimate of drug-likeness (QED) is 0.794. The first kappa shape index (κ1) is 14.4. The van der Waals surface area contributed by atoms with E-state index in [9.17, 15) is 8.78 Å². The van der Waals surface area contributed by atoms with Crippen molar-refractivity contribution >= 4 is 0 Å². The van der Waals surface area contributed by atoms with Crippen LogP contribution < -0.4 is 5.32 Å². The fraction of sp³-hybridized carbons (Fsp3) is 0.625. The van der Waals surface area contributed by atoms with Gasteiger partial charge in [-0.25, -0.2) is 8.78 Å². The van der Waals surface area contributed by atoms with E-state index in [1.54, 1.807) is 0 Å². The summed E-state index contributed by atoms with van der Waals surface area (Å²) in [6, 6.07) is 3.93. The van der Waals surface area contributed by atoms with Gasteiger partial charge in [-0.2, -0.15) is 0 Å². The van der Waals surface area contributed by atoms with Crippen LogP contribution in [0.25, 0.3) is 0 Å². The molecule has 2 rings (SSSR count). The predicted octanol–water partition coefficient (Wildman–Crippen LogP) is 4.02. The lowest BCUT2D eigenvalue weighted by molar-refractivity contribution is 0.0560. The molecule has 0 atom stereocenters. The van der Waals surface area contributed by atoms with Gasteiger partial charge in [0.25, 0.3) is 0 Å². The molecule has 1 aliphatic rings. The SMILES string of the molecule is CCCNCC1(c2cc(F)cc(F)c2)CC(C)(C)C1. The van der Waals surface area contributed by atoms with Gasteiger partial charge in [-0.1, -0.05) is 20.8 Å². The molecule has 1 N–H and O–H groups in total. The zero-order valence-electron chi connectivity index (χ0n) is 12.0. The van der Waals surface area contributed by atoms with Crippen LogP contribution in [0, 0.1) is 17.0 Å². The highest BCUT2D eigenvalue weighted by Gasteiger charge is 2.49. The van der Waals surface area contributed by atoms with Gasteiger partial charge in [0.2, 0.25) is 0 Å². The van der Waals surface area contributed by atoms with Crippen LogP contribution in [0.2, 0.25) is 0 Å². The fourth-order valence-corrected chi connectivity index (χ4v) is 3.58. The minimum absolute atomic E-state index is 0.110. The molecule has 0 radical (unpaired) electrons. The summed E-state index contributed by atoms with van der Waals surface area (Å²) in [6.45, 7) is 8.28. The molecule has 0 aliphatic heterocycles. The molecule has 0 amide bonds. The zero-order chi connectivity index (χ0) is 14.1. The monoisotopic (exact) mass is 267 g/mol. The Kier molecular flexibility index (Phi) is 3.95. The van der Waals surface area contributed by atoms with E-state index in [1.807, 2.05) is 0 Å². The van der Waals surface area contributed by atoms with Crippen molar-refractivity contribution < 1.29 is 8.78 Å². The Morgan fingerprint density at radius 1 is 1.11 bits per heavy atom. The molecule has 0 bridgehead atoms. The molecule has 1 nitrogen and oxygen atoms in total. The maximum Gasteiger partial charge on any atom is 0.126 e. The fourth-order valence-electron chi connectivity index (χ4n) is 3.58. The molecular formula is C16H23F2N. The van der Waals surface area contributed by atoms with Gasteiger partial charge in [0.1, 0.15) is 11.6 Å². The molecule has 1 aromatic carbocycles. The Hall–Kier alpha value is -0.960.